The molecular formula is C13H23N3O. The van der Waals surface area contributed by atoms with Gasteiger partial charge >= 0.3 is 0 Å². The number of carbonyl (C=O) groups excluding carboxylic acids is 1. The van der Waals surface area contributed by atoms with Crippen LogP contribution in [0.2, 0.25) is 0 Å². The summed E-state index contributed by atoms with van der Waals surface area (Å²) in [5.74, 6) is 0.199. The molecule has 1 N–H and O–H groups in total. The van der Waals surface area contributed by atoms with Gasteiger partial charge in [0.05, 0.1) is 6.54 Å². The van der Waals surface area contributed by atoms with Crippen molar-refractivity contribution in [1.82, 2.24) is 14.8 Å². The second-order valence-electron chi connectivity index (χ2n) is 4.61. The number of rotatable bonds is 6. The Morgan fingerprint density at radius 2 is 2.12 bits per heavy atom. The average molecular weight is 237 g/mol. The van der Waals surface area contributed by atoms with E-state index in [9.17, 15) is 4.79 Å². The summed E-state index contributed by atoms with van der Waals surface area (Å²) in [5, 5.41) is 3.08. The lowest BCUT2D eigenvalue weighted by Gasteiger charge is -2.15. The molecule has 0 amide bonds. The van der Waals surface area contributed by atoms with Gasteiger partial charge in [-0.05, 0) is 34.0 Å². The number of ketones is 1. The fourth-order valence-corrected chi connectivity index (χ4v) is 1.85. The zero-order valence-electron chi connectivity index (χ0n) is 11.5. The molecule has 0 fully saturated rings. The van der Waals surface area contributed by atoms with E-state index in [1.54, 1.807) is 0 Å². The number of aromatic nitrogens is 1. The maximum Gasteiger partial charge on any atom is 0.178 e. The summed E-state index contributed by atoms with van der Waals surface area (Å²) < 4.78 is 2.06. The van der Waals surface area contributed by atoms with Gasteiger partial charge in [-0.1, -0.05) is 0 Å². The van der Waals surface area contributed by atoms with Gasteiger partial charge in [0, 0.05) is 37.1 Å². The Bertz CT molecular complexity index is 396. The summed E-state index contributed by atoms with van der Waals surface area (Å²) in [6.45, 7) is 6.28. The summed E-state index contributed by atoms with van der Waals surface area (Å²) in [6.07, 6.45) is 0. The Morgan fingerprint density at radius 3 is 2.59 bits per heavy atom. The molecule has 1 aromatic heterocycles. The standard InChI is InChI=1S/C13H23N3O/c1-10-8-12(11(2)16(10)5)13(17)9-15(4)7-6-14-3/h8,14H,6-7,9H2,1-5H3. The molecule has 0 aliphatic heterocycles. The van der Waals surface area contributed by atoms with Gasteiger partial charge in [0.25, 0.3) is 0 Å². The van der Waals surface area contributed by atoms with Gasteiger partial charge in [-0.25, -0.2) is 0 Å². The van der Waals surface area contributed by atoms with Crippen LogP contribution in [-0.4, -0.2) is 49.0 Å². The van der Waals surface area contributed by atoms with E-state index in [4.69, 9.17) is 0 Å². The van der Waals surface area contributed by atoms with Gasteiger partial charge in [0.2, 0.25) is 0 Å². The molecule has 4 nitrogen and oxygen atoms in total. The fraction of sp³-hybridized carbons (Fsp3) is 0.615. The highest BCUT2D eigenvalue weighted by molar-refractivity contribution is 5.99. The molecule has 4 heteroatoms. The quantitative estimate of drug-likeness (QED) is 0.749. The molecule has 0 bridgehead atoms. The summed E-state index contributed by atoms with van der Waals surface area (Å²) in [4.78, 5) is 14.2. The minimum atomic E-state index is 0.199. The molecule has 0 atom stereocenters. The molecule has 1 heterocycles. The first kappa shape index (κ1) is 13.9. The van der Waals surface area contributed by atoms with E-state index < -0.39 is 0 Å². The molecule has 1 rings (SSSR count). The zero-order chi connectivity index (χ0) is 13.0. The van der Waals surface area contributed by atoms with Crippen molar-refractivity contribution in [1.29, 1.82) is 0 Å². The van der Waals surface area contributed by atoms with E-state index in [0.29, 0.717) is 6.54 Å². The van der Waals surface area contributed by atoms with Gasteiger partial charge in [0.1, 0.15) is 0 Å². The third-order valence-electron chi connectivity index (χ3n) is 3.23. The van der Waals surface area contributed by atoms with Crippen LogP contribution in [0, 0.1) is 13.8 Å². The lowest BCUT2D eigenvalue weighted by molar-refractivity contribution is 0.0946. The molecule has 0 aromatic carbocycles. The minimum Gasteiger partial charge on any atom is -0.351 e. The molecule has 0 spiro atoms. The molecule has 0 radical (unpaired) electrons. The Morgan fingerprint density at radius 1 is 1.47 bits per heavy atom. The minimum absolute atomic E-state index is 0.199. The van der Waals surface area contributed by atoms with Crippen LogP contribution in [-0.2, 0) is 7.05 Å². The summed E-state index contributed by atoms with van der Waals surface area (Å²) in [6, 6.07) is 1.98. The van der Waals surface area contributed by atoms with E-state index in [0.717, 1.165) is 30.0 Å². The van der Waals surface area contributed by atoms with Gasteiger partial charge in [0.15, 0.2) is 5.78 Å². The molecule has 0 saturated carbocycles. The number of likely N-dealkylation sites (N-methyl/N-ethyl adjacent to an activating group) is 2. The van der Waals surface area contributed by atoms with Crippen molar-refractivity contribution in [2.45, 2.75) is 13.8 Å². The Labute approximate surface area is 104 Å². The second-order valence-corrected chi connectivity index (χ2v) is 4.61. The largest absolute Gasteiger partial charge is 0.351 e. The Balaban J connectivity index is 2.67. The van der Waals surface area contributed by atoms with E-state index in [1.807, 2.05) is 46.0 Å². The molecule has 1 aromatic rings. The molecule has 0 aliphatic rings. The van der Waals surface area contributed by atoms with Crippen molar-refractivity contribution in [3.63, 3.8) is 0 Å². The van der Waals surface area contributed by atoms with Crippen molar-refractivity contribution in [2.24, 2.45) is 7.05 Å². The summed E-state index contributed by atoms with van der Waals surface area (Å²) in [5.41, 5.74) is 3.03. The van der Waals surface area contributed by atoms with Crippen LogP contribution < -0.4 is 5.32 Å². The van der Waals surface area contributed by atoms with E-state index >= 15 is 0 Å². The normalized spacial score (nSPS) is 11.2. The van der Waals surface area contributed by atoms with Crippen molar-refractivity contribution < 1.29 is 4.79 Å². The van der Waals surface area contributed by atoms with Crippen molar-refractivity contribution in [2.75, 3.05) is 33.7 Å². The fourth-order valence-electron chi connectivity index (χ4n) is 1.85. The summed E-state index contributed by atoms with van der Waals surface area (Å²) in [7, 11) is 5.88. The Hall–Kier alpha value is -1.13. The van der Waals surface area contributed by atoms with E-state index in [-0.39, 0.29) is 5.78 Å². The van der Waals surface area contributed by atoms with E-state index in [2.05, 4.69) is 9.88 Å². The number of nitrogens with zero attached hydrogens (tertiary/aromatic N) is 2. The molecule has 0 saturated heterocycles. The number of nitrogens with one attached hydrogen (secondary N) is 1. The number of Topliss-reactive ketones (excluding diaryl/α,β-unsaturated/α-hetero) is 1. The van der Waals surface area contributed by atoms with Crippen LogP contribution in [0.15, 0.2) is 6.07 Å². The maximum atomic E-state index is 12.1. The van der Waals surface area contributed by atoms with Gasteiger partial charge in [-0.15, -0.1) is 0 Å². The first-order valence-corrected chi connectivity index (χ1v) is 5.96. The lowest BCUT2D eigenvalue weighted by Crippen LogP contribution is -2.32. The van der Waals surface area contributed by atoms with Crippen molar-refractivity contribution in [3.8, 4) is 0 Å². The first-order valence-electron chi connectivity index (χ1n) is 5.96. The lowest BCUT2D eigenvalue weighted by atomic mass is 10.1. The highest BCUT2D eigenvalue weighted by Crippen LogP contribution is 2.14. The summed E-state index contributed by atoms with van der Waals surface area (Å²) >= 11 is 0. The monoisotopic (exact) mass is 237 g/mol. The van der Waals surface area contributed by atoms with Crippen LogP contribution in [0.5, 0.6) is 0 Å². The van der Waals surface area contributed by atoms with Crippen molar-refractivity contribution in [3.05, 3.63) is 23.0 Å². The highest BCUT2D eigenvalue weighted by Gasteiger charge is 2.15. The third-order valence-corrected chi connectivity index (χ3v) is 3.23. The number of carbonyl (C=O) groups is 1. The van der Waals surface area contributed by atoms with Gasteiger partial charge < -0.3 is 9.88 Å². The van der Waals surface area contributed by atoms with Gasteiger partial charge in [-0.2, -0.15) is 0 Å². The predicted molar refractivity (Wildman–Crippen MR) is 70.6 cm³/mol. The Kier molecular flexibility index (Phi) is 4.90. The third kappa shape index (κ3) is 3.41. The topological polar surface area (TPSA) is 37.3 Å². The molecule has 96 valence electrons. The van der Waals surface area contributed by atoms with Crippen LogP contribution in [0.1, 0.15) is 21.7 Å². The molecule has 0 aliphatic carbocycles. The SMILES string of the molecule is CNCCN(C)CC(=O)c1cc(C)n(C)c1C. The second kappa shape index (κ2) is 5.98. The van der Waals surface area contributed by atoms with Crippen LogP contribution in [0.25, 0.3) is 0 Å². The van der Waals surface area contributed by atoms with Crippen molar-refractivity contribution >= 4 is 5.78 Å². The predicted octanol–water partition coefficient (Wildman–Crippen LogP) is 0.976. The highest BCUT2D eigenvalue weighted by atomic mass is 16.1. The number of hydrogen-bond donors (Lipinski definition) is 1. The molecule has 0 unspecified atom stereocenters. The van der Waals surface area contributed by atoms with Crippen LogP contribution in [0.3, 0.4) is 0 Å². The number of hydrogen-bond acceptors (Lipinski definition) is 3. The van der Waals surface area contributed by atoms with Crippen LogP contribution >= 0.6 is 0 Å². The zero-order valence-corrected chi connectivity index (χ0v) is 11.5. The smallest absolute Gasteiger partial charge is 0.178 e. The molecule has 17 heavy (non-hydrogen) atoms. The van der Waals surface area contributed by atoms with E-state index in [1.165, 1.54) is 0 Å². The first-order chi connectivity index (χ1) is 7.97. The van der Waals surface area contributed by atoms with Gasteiger partial charge in [-0.3, -0.25) is 9.69 Å². The maximum absolute atomic E-state index is 12.1. The molecular weight excluding hydrogens is 214 g/mol. The average Bonchev–Trinajstić information content (AvgIpc) is 2.54. The van der Waals surface area contributed by atoms with Crippen LogP contribution in [0.4, 0.5) is 0 Å². The number of aryl methyl sites for hydroxylation is 1.